The highest BCUT2D eigenvalue weighted by atomic mass is 16.2. The van der Waals surface area contributed by atoms with E-state index in [1.54, 1.807) is 4.68 Å². The van der Waals surface area contributed by atoms with Gasteiger partial charge in [0.2, 0.25) is 5.91 Å². The van der Waals surface area contributed by atoms with E-state index in [-0.39, 0.29) is 23.8 Å². The lowest BCUT2D eigenvalue weighted by atomic mass is 10.0. The molecule has 3 aromatic rings. The number of hydrogen-bond donors (Lipinski definition) is 1. The largest absolute Gasteiger partial charge is 0.368 e. The normalized spacial score (nSPS) is 22.5. The summed E-state index contributed by atoms with van der Waals surface area (Å²) in [7, 11) is 3.91. The number of fused-ring (bicyclic) bond motifs is 1. The minimum atomic E-state index is 0.0408. The fourth-order valence-electron chi connectivity index (χ4n) is 4.10. The number of carbonyl (C=O) groups is 1. The summed E-state index contributed by atoms with van der Waals surface area (Å²) in [5.41, 5.74) is 1.97. The van der Waals surface area contributed by atoms with Gasteiger partial charge in [-0.15, -0.1) is 0 Å². The molecular formula is C19H23N7O. The molecule has 0 bridgehead atoms. The highest BCUT2D eigenvalue weighted by Gasteiger charge is 2.40. The van der Waals surface area contributed by atoms with Crippen LogP contribution in [0.1, 0.15) is 24.6 Å². The van der Waals surface area contributed by atoms with E-state index in [0.29, 0.717) is 0 Å². The molecule has 1 N–H and O–H groups in total. The first-order valence-electron chi connectivity index (χ1n) is 9.41. The van der Waals surface area contributed by atoms with Crippen molar-refractivity contribution in [2.75, 3.05) is 18.0 Å². The molecule has 4 heterocycles. The van der Waals surface area contributed by atoms with Crippen molar-refractivity contribution in [2.24, 2.45) is 20.0 Å². The van der Waals surface area contributed by atoms with Crippen molar-refractivity contribution in [2.45, 2.75) is 24.8 Å². The highest BCUT2D eigenvalue weighted by molar-refractivity contribution is 5.89. The first-order valence-corrected chi connectivity index (χ1v) is 9.41. The van der Waals surface area contributed by atoms with E-state index in [1.807, 2.05) is 44.9 Å². The SMILES string of the molecule is Cn1ccnc1[C@@H]1CN(c2ccnc3c2cnn3C)C[C@H]1NC(=O)C1CC1. The average molecular weight is 365 g/mol. The Balaban J connectivity index is 1.49. The smallest absolute Gasteiger partial charge is 0.223 e. The topological polar surface area (TPSA) is 80.9 Å². The van der Waals surface area contributed by atoms with Crippen LogP contribution in [0.2, 0.25) is 0 Å². The van der Waals surface area contributed by atoms with Crippen LogP contribution in [-0.2, 0) is 18.9 Å². The highest BCUT2D eigenvalue weighted by Crippen LogP contribution is 2.35. The van der Waals surface area contributed by atoms with Crippen LogP contribution >= 0.6 is 0 Å². The predicted octanol–water partition coefficient (Wildman–Crippen LogP) is 1.20. The van der Waals surface area contributed by atoms with Gasteiger partial charge in [-0.1, -0.05) is 0 Å². The minimum absolute atomic E-state index is 0.0408. The standard InChI is InChI=1S/C19H23N7O/c1-24-8-7-21-17(24)14-10-26(11-15(14)23-19(27)12-3-4-12)16-5-6-20-18-13(16)9-22-25(18)2/h5-9,12,14-15H,3-4,10-11H2,1-2H3,(H,23,27)/t14-,15-/m1/s1. The van der Waals surface area contributed by atoms with Gasteiger partial charge < -0.3 is 14.8 Å². The summed E-state index contributed by atoms with van der Waals surface area (Å²) in [6.45, 7) is 1.55. The van der Waals surface area contributed by atoms with Crippen LogP contribution in [0, 0.1) is 5.92 Å². The Morgan fingerprint density at radius 2 is 2.04 bits per heavy atom. The molecule has 8 nitrogen and oxygen atoms in total. The average Bonchev–Trinajstić information content (AvgIpc) is 3.16. The van der Waals surface area contributed by atoms with Crippen LogP contribution in [0.5, 0.6) is 0 Å². The Morgan fingerprint density at radius 3 is 2.78 bits per heavy atom. The molecule has 27 heavy (non-hydrogen) atoms. The van der Waals surface area contributed by atoms with Crippen LogP contribution in [-0.4, -0.2) is 49.4 Å². The second-order valence-corrected chi connectivity index (χ2v) is 7.63. The van der Waals surface area contributed by atoms with E-state index in [1.165, 1.54) is 0 Å². The maximum Gasteiger partial charge on any atom is 0.223 e. The quantitative estimate of drug-likeness (QED) is 0.751. The van der Waals surface area contributed by atoms with Crippen molar-refractivity contribution < 1.29 is 4.79 Å². The summed E-state index contributed by atoms with van der Waals surface area (Å²) in [6, 6.07) is 2.07. The van der Waals surface area contributed by atoms with Crippen molar-refractivity contribution in [1.82, 2.24) is 29.6 Å². The number of anilines is 1. The third kappa shape index (κ3) is 2.75. The number of nitrogens with zero attached hydrogens (tertiary/aromatic N) is 6. The Labute approximate surface area is 157 Å². The van der Waals surface area contributed by atoms with Crippen molar-refractivity contribution in [1.29, 1.82) is 0 Å². The molecule has 2 fully saturated rings. The molecule has 8 heteroatoms. The lowest BCUT2D eigenvalue weighted by Crippen LogP contribution is -2.41. The lowest BCUT2D eigenvalue weighted by molar-refractivity contribution is -0.122. The Morgan fingerprint density at radius 1 is 1.19 bits per heavy atom. The number of rotatable bonds is 4. The molecule has 3 aromatic heterocycles. The zero-order valence-electron chi connectivity index (χ0n) is 15.5. The molecule has 1 aliphatic carbocycles. The van der Waals surface area contributed by atoms with E-state index >= 15 is 0 Å². The molecule has 1 aliphatic heterocycles. The molecule has 0 radical (unpaired) electrons. The number of hydrogen-bond acceptors (Lipinski definition) is 5. The molecule has 140 valence electrons. The lowest BCUT2D eigenvalue weighted by Gasteiger charge is -2.19. The van der Waals surface area contributed by atoms with Crippen molar-refractivity contribution in [3.05, 3.63) is 36.7 Å². The number of amides is 1. The fraction of sp³-hybridized carbons (Fsp3) is 0.474. The molecule has 2 aliphatic rings. The third-order valence-corrected chi connectivity index (χ3v) is 5.74. The summed E-state index contributed by atoms with van der Waals surface area (Å²) in [4.78, 5) is 23.8. The number of imidazole rings is 1. The molecule has 0 aromatic carbocycles. The van der Waals surface area contributed by atoms with Gasteiger partial charge in [-0.05, 0) is 18.9 Å². The minimum Gasteiger partial charge on any atom is -0.368 e. The van der Waals surface area contributed by atoms with Gasteiger partial charge >= 0.3 is 0 Å². The monoisotopic (exact) mass is 365 g/mol. The van der Waals surface area contributed by atoms with E-state index < -0.39 is 0 Å². The number of aryl methyl sites for hydroxylation is 2. The Hall–Kier alpha value is -2.90. The maximum atomic E-state index is 12.4. The molecule has 0 spiro atoms. The van der Waals surface area contributed by atoms with Gasteiger partial charge in [0.1, 0.15) is 5.82 Å². The van der Waals surface area contributed by atoms with E-state index in [2.05, 4.69) is 29.9 Å². The summed E-state index contributed by atoms with van der Waals surface area (Å²) in [5, 5.41) is 8.67. The predicted molar refractivity (Wildman–Crippen MR) is 101 cm³/mol. The molecule has 2 atom stereocenters. The van der Waals surface area contributed by atoms with Gasteiger partial charge in [0, 0.05) is 51.7 Å². The number of pyridine rings is 1. The maximum absolute atomic E-state index is 12.4. The van der Waals surface area contributed by atoms with Gasteiger partial charge in [-0.25, -0.2) is 9.97 Å². The Bertz CT molecular complexity index is 1000. The molecular weight excluding hydrogens is 342 g/mol. The number of nitrogens with one attached hydrogen (secondary N) is 1. The molecule has 1 saturated heterocycles. The van der Waals surface area contributed by atoms with Crippen molar-refractivity contribution in [3.8, 4) is 0 Å². The van der Waals surface area contributed by atoms with Gasteiger partial charge in [-0.3, -0.25) is 9.48 Å². The summed E-state index contributed by atoms with van der Waals surface area (Å²) in [6.07, 6.45) is 9.49. The second kappa shape index (κ2) is 6.07. The second-order valence-electron chi connectivity index (χ2n) is 7.63. The zero-order valence-corrected chi connectivity index (χ0v) is 15.5. The fourth-order valence-corrected chi connectivity index (χ4v) is 4.10. The molecule has 0 unspecified atom stereocenters. The van der Waals surface area contributed by atoms with Crippen LogP contribution in [0.25, 0.3) is 11.0 Å². The molecule has 1 saturated carbocycles. The number of aromatic nitrogens is 5. The van der Waals surface area contributed by atoms with E-state index in [9.17, 15) is 4.79 Å². The van der Waals surface area contributed by atoms with Gasteiger partial charge in [-0.2, -0.15) is 5.10 Å². The van der Waals surface area contributed by atoms with Crippen LogP contribution in [0.3, 0.4) is 0 Å². The summed E-state index contributed by atoms with van der Waals surface area (Å²) in [5.74, 6) is 1.54. The van der Waals surface area contributed by atoms with E-state index in [0.717, 1.165) is 48.5 Å². The van der Waals surface area contributed by atoms with Crippen LogP contribution in [0.4, 0.5) is 5.69 Å². The van der Waals surface area contributed by atoms with E-state index in [4.69, 9.17) is 0 Å². The van der Waals surface area contributed by atoms with Gasteiger partial charge in [0.15, 0.2) is 5.65 Å². The van der Waals surface area contributed by atoms with Gasteiger partial charge in [0.05, 0.1) is 29.2 Å². The summed E-state index contributed by atoms with van der Waals surface area (Å²) < 4.78 is 3.84. The number of carbonyl (C=O) groups excluding carboxylic acids is 1. The zero-order chi connectivity index (χ0) is 18.5. The van der Waals surface area contributed by atoms with Crippen molar-refractivity contribution in [3.63, 3.8) is 0 Å². The van der Waals surface area contributed by atoms with Crippen LogP contribution < -0.4 is 10.2 Å². The third-order valence-electron chi connectivity index (χ3n) is 5.74. The van der Waals surface area contributed by atoms with Crippen LogP contribution in [0.15, 0.2) is 30.9 Å². The van der Waals surface area contributed by atoms with Crippen molar-refractivity contribution >= 4 is 22.6 Å². The molecule has 5 rings (SSSR count). The summed E-state index contributed by atoms with van der Waals surface area (Å²) >= 11 is 0. The molecule has 1 amide bonds. The first-order chi connectivity index (χ1) is 13.1. The first kappa shape index (κ1) is 16.3. The Kier molecular flexibility index (Phi) is 3.66. The van der Waals surface area contributed by atoms with Gasteiger partial charge in [0.25, 0.3) is 0 Å².